The number of nitrogens with zero attached hydrogens (tertiary/aromatic N) is 2. The summed E-state index contributed by atoms with van der Waals surface area (Å²) in [4.78, 5) is 8.42. The topological polar surface area (TPSA) is 108 Å². The van der Waals surface area contributed by atoms with Crippen LogP contribution < -0.4 is 10.1 Å². The van der Waals surface area contributed by atoms with Crippen molar-refractivity contribution in [3.63, 3.8) is 0 Å². The molecule has 3 N–H and O–H groups in total. The van der Waals surface area contributed by atoms with Gasteiger partial charge in [-0.1, -0.05) is 0 Å². The number of aliphatic hydroxyl groups excluding tert-OH is 1. The lowest BCUT2D eigenvalue weighted by atomic mass is 10.2. The van der Waals surface area contributed by atoms with Gasteiger partial charge in [0, 0.05) is 29.0 Å². The molecule has 10 heteroatoms. The molecule has 1 aliphatic carbocycles. The zero-order valence-corrected chi connectivity index (χ0v) is 17.2. The Balaban J connectivity index is 1.83. The van der Waals surface area contributed by atoms with Gasteiger partial charge < -0.3 is 15.2 Å². The number of anilines is 2. The zero-order chi connectivity index (χ0) is 21.4. The molecule has 0 saturated heterocycles. The molecule has 3 atom stereocenters. The number of ether oxygens (including phenoxy) is 1. The molecule has 1 aliphatic rings. The number of nitrogens with one attached hydrogen (secondary N) is 2. The highest BCUT2D eigenvalue weighted by atomic mass is 32.2. The van der Waals surface area contributed by atoms with Crippen molar-refractivity contribution in [2.75, 3.05) is 5.32 Å². The molecule has 0 spiro atoms. The normalized spacial score (nSPS) is 18.6. The van der Waals surface area contributed by atoms with Crippen LogP contribution in [0.4, 0.5) is 20.4 Å². The molecule has 1 saturated carbocycles. The van der Waals surface area contributed by atoms with Gasteiger partial charge in [-0.25, -0.2) is 22.8 Å². The Morgan fingerprint density at radius 2 is 1.93 bits per heavy atom. The fourth-order valence-corrected chi connectivity index (χ4v) is 4.28. The molecule has 0 amide bonds. The maximum Gasteiger partial charge on any atom is 0.277 e. The third-order valence-corrected chi connectivity index (χ3v) is 7.04. The number of alkyl halides is 2. The smallest absolute Gasteiger partial charge is 0.277 e. The van der Waals surface area contributed by atoms with E-state index in [1.165, 1.54) is 6.92 Å². The summed E-state index contributed by atoms with van der Waals surface area (Å²) in [6.07, 6.45) is 0.970. The SMILES string of the molecule is C[C@@H](O)[C@@H](C)Oc1nc(Nc2ccc(S(=N)(=O)C3CC3)cc2)ncc1C(C)(F)F. The number of halogens is 2. The Bertz CT molecular complexity index is 972. The Hall–Kier alpha value is -2.33. The Morgan fingerprint density at radius 1 is 1.31 bits per heavy atom. The van der Waals surface area contributed by atoms with E-state index in [0.29, 0.717) is 10.6 Å². The van der Waals surface area contributed by atoms with E-state index in [2.05, 4.69) is 15.3 Å². The third kappa shape index (κ3) is 4.99. The lowest BCUT2D eigenvalue weighted by Crippen LogP contribution is -2.27. The minimum atomic E-state index is -3.22. The fourth-order valence-electron chi connectivity index (χ4n) is 2.55. The maximum absolute atomic E-state index is 13.9. The molecular weight excluding hydrogens is 402 g/mol. The van der Waals surface area contributed by atoms with Gasteiger partial charge in [-0.3, -0.25) is 0 Å². The van der Waals surface area contributed by atoms with Crippen molar-refractivity contribution >= 4 is 21.4 Å². The first-order valence-electron chi connectivity index (χ1n) is 9.23. The highest BCUT2D eigenvalue weighted by Gasteiger charge is 2.34. The van der Waals surface area contributed by atoms with Gasteiger partial charge in [-0.15, -0.1) is 0 Å². The molecule has 1 heterocycles. The second-order valence-corrected chi connectivity index (χ2v) is 9.65. The van der Waals surface area contributed by atoms with Crippen molar-refractivity contribution in [3.05, 3.63) is 36.0 Å². The van der Waals surface area contributed by atoms with Crippen molar-refractivity contribution in [1.29, 1.82) is 4.78 Å². The van der Waals surface area contributed by atoms with E-state index in [9.17, 15) is 18.1 Å². The highest BCUT2D eigenvalue weighted by molar-refractivity contribution is 7.93. The van der Waals surface area contributed by atoms with Crippen LogP contribution in [0.25, 0.3) is 0 Å². The van der Waals surface area contributed by atoms with Gasteiger partial charge in [0.05, 0.1) is 15.8 Å². The Morgan fingerprint density at radius 3 is 2.45 bits per heavy atom. The van der Waals surface area contributed by atoms with Gasteiger partial charge in [0.1, 0.15) is 11.7 Å². The summed E-state index contributed by atoms with van der Waals surface area (Å²) in [6, 6.07) is 6.49. The molecule has 1 aromatic heterocycles. The second-order valence-electron chi connectivity index (χ2n) is 7.31. The van der Waals surface area contributed by atoms with Crippen molar-refractivity contribution in [2.24, 2.45) is 0 Å². The zero-order valence-electron chi connectivity index (χ0n) is 16.4. The molecule has 1 aromatic carbocycles. The molecule has 3 rings (SSSR count). The molecular formula is C19H24F2N4O3S. The van der Waals surface area contributed by atoms with Gasteiger partial charge in [0.25, 0.3) is 5.92 Å². The first-order chi connectivity index (χ1) is 13.5. The molecule has 158 valence electrons. The Kier molecular flexibility index (Phi) is 5.77. The van der Waals surface area contributed by atoms with Crippen LogP contribution in [0.1, 0.15) is 39.2 Å². The minimum absolute atomic E-state index is 0.0346. The van der Waals surface area contributed by atoms with Gasteiger partial charge in [-0.05, 0) is 51.0 Å². The van der Waals surface area contributed by atoms with Crippen molar-refractivity contribution in [1.82, 2.24) is 9.97 Å². The van der Waals surface area contributed by atoms with Gasteiger partial charge >= 0.3 is 0 Å². The summed E-state index contributed by atoms with van der Waals surface area (Å²) in [5, 5.41) is 12.4. The summed E-state index contributed by atoms with van der Waals surface area (Å²) < 4.78 is 53.7. The second kappa shape index (κ2) is 7.83. The summed E-state index contributed by atoms with van der Waals surface area (Å²) in [5.74, 6) is -3.50. The van der Waals surface area contributed by atoms with Gasteiger partial charge in [0.15, 0.2) is 0 Å². The molecule has 0 radical (unpaired) electrons. The third-order valence-electron chi connectivity index (χ3n) is 4.66. The lowest BCUT2D eigenvalue weighted by Gasteiger charge is -2.21. The Labute approximate surface area is 168 Å². The van der Waals surface area contributed by atoms with Crippen LogP contribution in [-0.2, 0) is 15.7 Å². The number of aliphatic hydroxyl groups is 1. The molecule has 1 fully saturated rings. The van der Waals surface area contributed by atoms with E-state index in [4.69, 9.17) is 9.52 Å². The van der Waals surface area contributed by atoms with Crippen LogP contribution in [0.15, 0.2) is 35.4 Å². The van der Waals surface area contributed by atoms with Crippen LogP contribution in [-0.4, -0.2) is 36.7 Å². The first-order valence-corrected chi connectivity index (χ1v) is 10.9. The molecule has 0 aliphatic heterocycles. The standard InChI is InChI=1S/C19H24F2N4O3S/c1-11(26)12(2)28-17-16(19(3,20)21)10-23-18(25-17)24-13-4-6-14(7-5-13)29(22,27)15-8-9-15/h4-7,10-12,15,22,26H,8-9H2,1-3H3,(H,23,24,25)/t11-,12-,29?/m1/s1. The quantitative estimate of drug-likeness (QED) is 0.588. The first kappa shape index (κ1) is 21.4. The molecule has 29 heavy (non-hydrogen) atoms. The molecule has 2 aromatic rings. The van der Waals surface area contributed by atoms with Gasteiger partial charge in [0.2, 0.25) is 11.8 Å². The number of hydrogen-bond donors (Lipinski definition) is 3. The minimum Gasteiger partial charge on any atom is -0.471 e. The van der Waals surface area contributed by atoms with Crippen LogP contribution in [0, 0.1) is 4.78 Å². The molecule has 1 unspecified atom stereocenters. The van der Waals surface area contributed by atoms with E-state index in [-0.39, 0.29) is 17.1 Å². The van der Waals surface area contributed by atoms with Crippen LogP contribution in [0.5, 0.6) is 5.88 Å². The summed E-state index contributed by atoms with van der Waals surface area (Å²) in [6.45, 7) is 3.76. The summed E-state index contributed by atoms with van der Waals surface area (Å²) in [5.41, 5.74) is 0.0644. The van der Waals surface area contributed by atoms with Crippen LogP contribution in [0.2, 0.25) is 0 Å². The number of hydrogen-bond acceptors (Lipinski definition) is 7. The number of rotatable bonds is 8. The average molecular weight is 426 g/mol. The van der Waals surface area contributed by atoms with E-state index in [1.807, 2.05) is 0 Å². The maximum atomic E-state index is 13.9. The van der Waals surface area contributed by atoms with Gasteiger partial charge in [-0.2, -0.15) is 4.98 Å². The molecule has 0 bridgehead atoms. The molecule has 7 nitrogen and oxygen atoms in total. The van der Waals surface area contributed by atoms with E-state index >= 15 is 0 Å². The fraction of sp³-hybridized carbons (Fsp3) is 0.474. The highest BCUT2D eigenvalue weighted by Crippen LogP contribution is 2.36. The van der Waals surface area contributed by atoms with Crippen molar-refractivity contribution in [3.8, 4) is 5.88 Å². The summed E-state index contributed by atoms with van der Waals surface area (Å²) in [7, 11) is -2.79. The van der Waals surface area contributed by atoms with Crippen LogP contribution >= 0.6 is 0 Å². The van der Waals surface area contributed by atoms with Crippen LogP contribution in [0.3, 0.4) is 0 Å². The van der Waals surface area contributed by atoms with E-state index in [1.54, 1.807) is 31.2 Å². The lowest BCUT2D eigenvalue weighted by molar-refractivity contribution is 0.00639. The number of benzene rings is 1. The average Bonchev–Trinajstić information content (AvgIpc) is 3.47. The largest absolute Gasteiger partial charge is 0.471 e. The van der Waals surface area contributed by atoms with E-state index < -0.39 is 33.4 Å². The number of aromatic nitrogens is 2. The van der Waals surface area contributed by atoms with Crippen molar-refractivity contribution in [2.45, 2.75) is 61.9 Å². The predicted molar refractivity (Wildman–Crippen MR) is 105 cm³/mol. The van der Waals surface area contributed by atoms with Crippen molar-refractivity contribution < 1.29 is 22.8 Å². The summed E-state index contributed by atoms with van der Waals surface area (Å²) >= 11 is 0. The predicted octanol–water partition coefficient (Wildman–Crippen LogP) is 4.05. The monoisotopic (exact) mass is 426 g/mol. The van der Waals surface area contributed by atoms with E-state index in [0.717, 1.165) is 26.0 Å².